The summed E-state index contributed by atoms with van der Waals surface area (Å²) in [4.78, 5) is 12.0. The molecule has 0 radical (unpaired) electrons. The maximum Gasteiger partial charge on any atom is 0.252 e. The highest BCUT2D eigenvalue weighted by atomic mass is 127. The molecule has 116 valence electrons. The molecule has 0 unspecified atom stereocenters. The average molecular weight is 466 g/mol. The van der Waals surface area contributed by atoms with Crippen LogP contribution in [0.4, 0.5) is 0 Å². The number of halogens is 3. The lowest BCUT2D eigenvalue weighted by atomic mass is 10.2. The topological polar surface area (TPSA) is 29.1 Å². The summed E-state index contributed by atoms with van der Waals surface area (Å²) < 4.78 is 0.957. The molecule has 0 aliphatic carbocycles. The van der Waals surface area contributed by atoms with E-state index in [2.05, 4.69) is 27.9 Å². The van der Waals surface area contributed by atoms with E-state index in [0.29, 0.717) is 22.2 Å². The van der Waals surface area contributed by atoms with Crippen molar-refractivity contribution >= 4 is 63.5 Å². The predicted octanol–water partition coefficient (Wildman–Crippen LogP) is 5.26. The SMILES string of the molecule is O=C(NCCSCc1ccc(Cl)cc1Cl)c1ccccc1I. The van der Waals surface area contributed by atoms with Gasteiger partial charge in [0.2, 0.25) is 0 Å². The first-order valence-electron chi connectivity index (χ1n) is 6.62. The Balaban J connectivity index is 1.73. The van der Waals surface area contributed by atoms with Crippen LogP contribution in [-0.4, -0.2) is 18.2 Å². The van der Waals surface area contributed by atoms with Crippen molar-refractivity contribution in [2.45, 2.75) is 5.75 Å². The highest BCUT2D eigenvalue weighted by molar-refractivity contribution is 14.1. The Bertz CT molecular complexity index is 666. The zero-order valence-corrected chi connectivity index (χ0v) is 16.1. The van der Waals surface area contributed by atoms with E-state index >= 15 is 0 Å². The van der Waals surface area contributed by atoms with Crippen molar-refractivity contribution in [1.29, 1.82) is 0 Å². The Morgan fingerprint density at radius 1 is 1.18 bits per heavy atom. The number of amides is 1. The van der Waals surface area contributed by atoms with Gasteiger partial charge in [0, 0.05) is 31.7 Å². The molecule has 0 spiro atoms. The minimum atomic E-state index is -0.0323. The summed E-state index contributed by atoms with van der Waals surface area (Å²) in [5.74, 6) is 1.60. The van der Waals surface area contributed by atoms with Crippen LogP contribution in [-0.2, 0) is 5.75 Å². The van der Waals surface area contributed by atoms with Gasteiger partial charge in [0.25, 0.3) is 5.91 Å². The Kier molecular flexibility index (Phi) is 7.34. The van der Waals surface area contributed by atoms with Crippen molar-refractivity contribution in [2.75, 3.05) is 12.3 Å². The highest BCUT2D eigenvalue weighted by Gasteiger charge is 2.08. The minimum absolute atomic E-state index is 0.0323. The summed E-state index contributed by atoms with van der Waals surface area (Å²) in [6, 6.07) is 13.1. The number of hydrogen-bond donors (Lipinski definition) is 1. The first-order chi connectivity index (χ1) is 10.6. The second-order valence-electron chi connectivity index (χ2n) is 4.52. The van der Waals surface area contributed by atoms with Crippen molar-refractivity contribution in [3.05, 3.63) is 67.2 Å². The van der Waals surface area contributed by atoms with Gasteiger partial charge in [-0.05, 0) is 52.4 Å². The van der Waals surface area contributed by atoms with Crippen molar-refractivity contribution in [2.24, 2.45) is 0 Å². The number of carbonyl (C=O) groups is 1. The second kappa shape index (κ2) is 9.01. The lowest BCUT2D eigenvalue weighted by Gasteiger charge is -2.07. The molecule has 0 heterocycles. The number of benzene rings is 2. The lowest BCUT2D eigenvalue weighted by molar-refractivity contribution is 0.0955. The lowest BCUT2D eigenvalue weighted by Crippen LogP contribution is -2.26. The van der Waals surface area contributed by atoms with Crippen LogP contribution in [0.2, 0.25) is 10.0 Å². The number of rotatable bonds is 6. The molecule has 0 atom stereocenters. The molecule has 0 saturated heterocycles. The summed E-state index contributed by atoms with van der Waals surface area (Å²) >= 11 is 15.9. The zero-order valence-electron chi connectivity index (χ0n) is 11.6. The molecule has 2 nitrogen and oxygen atoms in total. The van der Waals surface area contributed by atoms with Crippen LogP contribution in [0.15, 0.2) is 42.5 Å². The fourth-order valence-corrected chi connectivity index (χ4v) is 3.85. The van der Waals surface area contributed by atoms with E-state index in [1.165, 1.54) is 0 Å². The maximum absolute atomic E-state index is 12.0. The Hall–Kier alpha value is -0.430. The molecule has 0 fully saturated rings. The van der Waals surface area contributed by atoms with Gasteiger partial charge in [0.15, 0.2) is 0 Å². The molecule has 0 bridgehead atoms. The predicted molar refractivity (Wildman–Crippen MR) is 104 cm³/mol. The van der Waals surface area contributed by atoms with Gasteiger partial charge < -0.3 is 5.32 Å². The molecule has 2 aromatic carbocycles. The Morgan fingerprint density at radius 3 is 2.68 bits per heavy atom. The standard InChI is InChI=1S/C16H14Cl2INOS/c17-12-6-5-11(14(18)9-12)10-22-8-7-20-16(21)13-3-1-2-4-15(13)19/h1-6,9H,7-8,10H2,(H,20,21). The van der Waals surface area contributed by atoms with Gasteiger partial charge in [0.1, 0.15) is 0 Å². The third-order valence-corrected chi connectivity index (χ3v) is 5.46. The Labute approximate surface area is 158 Å². The van der Waals surface area contributed by atoms with Crippen molar-refractivity contribution in [3.8, 4) is 0 Å². The fourth-order valence-electron chi connectivity index (χ4n) is 1.80. The second-order valence-corrected chi connectivity index (χ2v) is 7.64. The third-order valence-electron chi connectivity index (χ3n) is 2.92. The van der Waals surface area contributed by atoms with Crippen molar-refractivity contribution < 1.29 is 4.79 Å². The molecule has 0 aliphatic heterocycles. The van der Waals surface area contributed by atoms with Crippen LogP contribution in [0.1, 0.15) is 15.9 Å². The van der Waals surface area contributed by atoms with E-state index in [0.717, 1.165) is 20.6 Å². The molecule has 1 N–H and O–H groups in total. The van der Waals surface area contributed by atoms with Crippen molar-refractivity contribution in [3.63, 3.8) is 0 Å². The number of hydrogen-bond acceptors (Lipinski definition) is 2. The van der Waals surface area contributed by atoms with Crippen LogP contribution in [0.3, 0.4) is 0 Å². The van der Waals surface area contributed by atoms with E-state index in [1.54, 1.807) is 17.8 Å². The smallest absolute Gasteiger partial charge is 0.252 e. The summed E-state index contributed by atoms with van der Waals surface area (Å²) in [5.41, 5.74) is 1.77. The average Bonchev–Trinajstić information content (AvgIpc) is 2.49. The maximum atomic E-state index is 12.0. The summed E-state index contributed by atoms with van der Waals surface area (Å²) in [6.07, 6.45) is 0. The number of thioether (sulfide) groups is 1. The molecular formula is C16H14Cl2INOS. The van der Waals surface area contributed by atoms with Gasteiger partial charge in [-0.1, -0.05) is 41.4 Å². The van der Waals surface area contributed by atoms with Crippen molar-refractivity contribution in [1.82, 2.24) is 5.32 Å². The quantitative estimate of drug-likeness (QED) is 0.465. The molecular weight excluding hydrogens is 452 g/mol. The van der Waals surface area contributed by atoms with Gasteiger partial charge in [-0.3, -0.25) is 4.79 Å². The molecule has 2 rings (SSSR count). The van der Waals surface area contributed by atoms with E-state index in [1.807, 2.05) is 36.4 Å². The van der Waals surface area contributed by atoms with Gasteiger partial charge in [0.05, 0.1) is 5.56 Å². The van der Waals surface area contributed by atoms with E-state index in [9.17, 15) is 4.79 Å². The molecule has 0 saturated carbocycles. The fraction of sp³-hybridized carbons (Fsp3) is 0.188. The number of carbonyl (C=O) groups excluding carboxylic acids is 1. The molecule has 0 aromatic heterocycles. The zero-order chi connectivity index (χ0) is 15.9. The highest BCUT2D eigenvalue weighted by Crippen LogP contribution is 2.24. The van der Waals surface area contributed by atoms with Gasteiger partial charge >= 0.3 is 0 Å². The summed E-state index contributed by atoms with van der Waals surface area (Å²) in [7, 11) is 0. The normalized spacial score (nSPS) is 10.5. The minimum Gasteiger partial charge on any atom is -0.351 e. The van der Waals surface area contributed by atoms with E-state index in [4.69, 9.17) is 23.2 Å². The van der Waals surface area contributed by atoms with Gasteiger partial charge in [-0.2, -0.15) is 11.8 Å². The molecule has 22 heavy (non-hydrogen) atoms. The molecule has 0 aliphatic rings. The van der Waals surface area contributed by atoms with Crippen LogP contribution >= 0.6 is 57.6 Å². The largest absolute Gasteiger partial charge is 0.351 e. The summed E-state index contributed by atoms with van der Waals surface area (Å²) in [6.45, 7) is 0.625. The molecule has 1 amide bonds. The van der Waals surface area contributed by atoms with E-state index in [-0.39, 0.29) is 5.91 Å². The molecule has 2 aromatic rings. The number of nitrogens with one attached hydrogen (secondary N) is 1. The first kappa shape index (κ1) is 17.9. The van der Waals surface area contributed by atoms with Crippen LogP contribution in [0.25, 0.3) is 0 Å². The molecule has 6 heteroatoms. The van der Waals surface area contributed by atoms with Crippen LogP contribution in [0, 0.1) is 3.57 Å². The van der Waals surface area contributed by atoms with Gasteiger partial charge in [-0.15, -0.1) is 0 Å². The monoisotopic (exact) mass is 465 g/mol. The van der Waals surface area contributed by atoms with Gasteiger partial charge in [-0.25, -0.2) is 0 Å². The van der Waals surface area contributed by atoms with Crippen LogP contribution in [0.5, 0.6) is 0 Å². The summed E-state index contributed by atoms with van der Waals surface area (Å²) in [5, 5.41) is 4.26. The van der Waals surface area contributed by atoms with E-state index < -0.39 is 0 Å². The Morgan fingerprint density at radius 2 is 1.95 bits per heavy atom. The third kappa shape index (κ3) is 5.33. The van der Waals surface area contributed by atoms with Crippen LogP contribution < -0.4 is 5.32 Å². The first-order valence-corrected chi connectivity index (χ1v) is 9.61.